The van der Waals surface area contributed by atoms with Crippen molar-refractivity contribution in [2.24, 2.45) is 5.10 Å². The predicted octanol–water partition coefficient (Wildman–Crippen LogP) is 1.48. The Hall–Kier alpha value is -3.15. The molecule has 1 heterocycles. The fraction of sp³-hybridized carbons (Fsp3) is 0.391. The summed E-state index contributed by atoms with van der Waals surface area (Å²) in [5.41, 5.74) is 4.05. The van der Waals surface area contributed by atoms with Crippen LogP contribution in [-0.4, -0.2) is 83.8 Å². The lowest BCUT2D eigenvalue weighted by Crippen LogP contribution is -2.50. The van der Waals surface area contributed by atoms with Crippen LogP contribution in [0.2, 0.25) is 0 Å². The molecule has 0 radical (unpaired) electrons. The maximum atomic E-state index is 12.8. The van der Waals surface area contributed by atoms with Crippen LogP contribution in [0.25, 0.3) is 0 Å². The van der Waals surface area contributed by atoms with Crippen molar-refractivity contribution in [3.8, 4) is 17.2 Å². The van der Waals surface area contributed by atoms with Gasteiger partial charge in [0.05, 0.1) is 44.5 Å². The number of nitrogens with one attached hydrogen (secondary N) is 1. The minimum atomic E-state index is -3.54. The van der Waals surface area contributed by atoms with Crippen LogP contribution in [0.3, 0.4) is 0 Å². The van der Waals surface area contributed by atoms with Gasteiger partial charge in [0.2, 0.25) is 10.0 Å². The van der Waals surface area contributed by atoms with Gasteiger partial charge in [-0.2, -0.15) is 9.41 Å². The number of hydrazone groups is 1. The lowest BCUT2D eigenvalue weighted by molar-refractivity contribution is -0.122. The number of sulfonamides is 1. The molecule has 1 aliphatic rings. The number of benzene rings is 2. The van der Waals surface area contributed by atoms with E-state index in [0.717, 1.165) is 5.56 Å². The molecule has 0 unspecified atom stereocenters. The molecule has 0 aliphatic carbocycles. The molecule has 1 fully saturated rings. The first kappa shape index (κ1) is 25.5. The van der Waals surface area contributed by atoms with Gasteiger partial charge in [0.15, 0.2) is 0 Å². The van der Waals surface area contributed by atoms with Gasteiger partial charge < -0.3 is 14.2 Å². The highest BCUT2D eigenvalue weighted by molar-refractivity contribution is 7.89. The first-order valence-electron chi connectivity index (χ1n) is 10.7. The average Bonchev–Trinajstić information content (AvgIpc) is 2.84. The first-order chi connectivity index (χ1) is 16.3. The number of carbonyl (C=O) groups is 1. The minimum absolute atomic E-state index is 0.104. The van der Waals surface area contributed by atoms with Crippen LogP contribution in [0.15, 0.2) is 46.4 Å². The van der Waals surface area contributed by atoms with Crippen molar-refractivity contribution in [2.45, 2.75) is 11.8 Å². The van der Waals surface area contributed by atoms with Crippen LogP contribution in [0.4, 0.5) is 0 Å². The van der Waals surface area contributed by atoms with E-state index in [9.17, 15) is 13.2 Å². The second kappa shape index (κ2) is 11.3. The molecule has 1 aliphatic heterocycles. The van der Waals surface area contributed by atoms with Crippen molar-refractivity contribution in [3.63, 3.8) is 0 Å². The van der Waals surface area contributed by atoms with E-state index >= 15 is 0 Å². The van der Waals surface area contributed by atoms with E-state index in [4.69, 9.17) is 14.2 Å². The number of methoxy groups -OCH3 is 3. The molecule has 1 N–H and O–H groups in total. The zero-order valence-electron chi connectivity index (χ0n) is 19.8. The third-order valence-corrected chi connectivity index (χ3v) is 7.41. The summed E-state index contributed by atoms with van der Waals surface area (Å²) in [5, 5.41) is 4.02. The Labute approximate surface area is 200 Å². The zero-order valence-corrected chi connectivity index (χ0v) is 20.6. The molecular weight excluding hydrogens is 460 g/mol. The average molecular weight is 491 g/mol. The Morgan fingerprint density at radius 3 is 2.12 bits per heavy atom. The van der Waals surface area contributed by atoms with E-state index in [1.165, 1.54) is 24.7 Å². The molecule has 0 bridgehead atoms. The van der Waals surface area contributed by atoms with Gasteiger partial charge in [0, 0.05) is 38.3 Å². The van der Waals surface area contributed by atoms with Crippen LogP contribution in [0, 0.1) is 6.92 Å². The summed E-state index contributed by atoms with van der Waals surface area (Å²) >= 11 is 0. The number of ether oxygens (including phenoxy) is 3. The number of piperazine rings is 1. The second-order valence-electron chi connectivity index (χ2n) is 7.73. The van der Waals surface area contributed by atoms with Gasteiger partial charge in [-0.25, -0.2) is 13.8 Å². The van der Waals surface area contributed by atoms with Crippen molar-refractivity contribution in [1.29, 1.82) is 0 Å². The van der Waals surface area contributed by atoms with Crippen LogP contribution in [-0.2, 0) is 14.8 Å². The highest BCUT2D eigenvalue weighted by atomic mass is 32.2. The Kier molecular flexibility index (Phi) is 8.48. The largest absolute Gasteiger partial charge is 0.496 e. The van der Waals surface area contributed by atoms with E-state index in [1.807, 2.05) is 11.8 Å². The van der Waals surface area contributed by atoms with Crippen LogP contribution >= 0.6 is 0 Å². The molecular formula is C23H30N4O6S. The predicted molar refractivity (Wildman–Crippen MR) is 128 cm³/mol. The Bertz CT molecular complexity index is 1100. The molecule has 0 aromatic heterocycles. The van der Waals surface area contributed by atoms with E-state index in [0.29, 0.717) is 49.0 Å². The fourth-order valence-corrected chi connectivity index (χ4v) is 4.98. The molecule has 10 nitrogen and oxygen atoms in total. The maximum absolute atomic E-state index is 12.8. The molecule has 3 rings (SSSR count). The van der Waals surface area contributed by atoms with Crippen molar-refractivity contribution < 1.29 is 27.4 Å². The molecule has 1 saturated heterocycles. The van der Waals surface area contributed by atoms with Crippen LogP contribution in [0.1, 0.15) is 11.1 Å². The fourth-order valence-electron chi connectivity index (χ4n) is 3.55. The lowest BCUT2D eigenvalue weighted by Gasteiger charge is -2.33. The SMILES string of the molecule is COc1cc(OC)c(/C=N\NC(=O)CN2CCN(S(=O)(=O)c3ccc(C)cc3)CC2)c(OC)c1. The summed E-state index contributed by atoms with van der Waals surface area (Å²) < 4.78 is 43.0. The molecule has 11 heteroatoms. The number of hydrogen-bond donors (Lipinski definition) is 1. The summed E-state index contributed by atoms with van der Waals surface area (Å²) in [6, 6.07) is 10.2. The third-order valence-electron chi connectivity index (χ3n) is 5.49. The van der Waals surface area contributed by atoms with Gasteiger partial charge >= 0.3 is 0 Å². The van der Waals surface area contributed by atoms with E-state index in [2.05, 4.69) is 10.5 Å². The standard InChI is InChI=1S/C23H30N4O6S/c1-17-5-7-19(8-6-17)34(29,30)27-11-9-26(10-12-27)16-23(28)25-24-15-20-21(32-3)13-18(31-2)14-22(20)33-4/h5-8,13-15H,9-12,16H2,1-4H3,(H,25,28)/b24-15-. The normalized spacial score (nSPS) is 15.3. The second-order valence-corrected chi connectivity index (χ2v) is 9.67. The molecule has 2 aromatic rings. The minimum Gasteiger partial charge on any atom is -0.496 e. The number of amides is 1. The molecule has 2 aromatic carbocycles. The quantitative estimate of drug-likeness (QED) is 0.419. The van der Waals surface area contributed by atoms with Gasteiger partial charge in [-0.15, -0.1) is 0 Å². The van der Waals surface area contributed by atoms with Crippen LogP contribution < -0.4 is 19.6 Å². The van der Waals surface area contributed by atoms with Crippen molar-refractivity contribution in [3.05, 3.63) is 47.5 Å². The summed E-state index contributed by atoms with van der Waals surface area (Å²) in [5.74, 6) is 1.23. The van der Waals surface area contributed by atoms with Gasteiger partial charge in [0.1, 0.15) is 17.2 Å². The number of nitrogens with zero attached hydrogens (tertiary/aromatic N) is 3. The topological polar surface area (TPSA) is 110 Å². The first-order valence-corrected chi connectivity index (χ1v) is 12.1. The van der Waals surface area contributed by atoms with Gasteiger partial charge in [-0.1, -0.05) is 17.7 Å². The van der Waals surface area contributed by atoms with Crippen molar-refractivity contribution in [2.75, 3.05) is 54.1 Å². The van der Waals surface area contributed by atoms with Gasteiger partial charge in [0.25, 0.3) is 5.91 Å². The summed E-state index contributed by atoms with van der Waals surface area (Å²) in [6.45, 7) is 3.53. The van der Waals surface area contributed by atoms with Gasteiger partial charge in [-0.3, -0.25) is 9.69 Å². The molecule has 0 saturated carbocycles. The highest BCUT2D eigenvalue weighted by Gasteiger charge is 2.29. The zero-order chi connectivity index (χ0) is 24.7. The maximum Gasteiger partial charge on any atom is 0.254 e. The summed E-state index contributed by atoms with van der Waals surface area (Å²) in [6.07, 6.45) is 1.45. The molecule has 0 atom stereocenters. The van der Waals surface area contributed by atoms with E-state index in [1.54, 1.807) is 43.5 Å². The molecule has 184 valence electrons. The Morgan fingerprint density at radius 1 is 1.00 bits per heavy atom. The smallest absolute Gasteiger partial charge is 0.254 e. The number of hydrogen-bond acceptors (Lipinski definition) is 8. The summed E-state index contributed by atoms with van der Waals surface area (Å²) in [4.78, 5) is 14.5. The van der Waals surface area contributed by atoms with Gasteiger partial charge in [-0.05, 0) is 19.1 Å². The number of carbonyl (C=O) groups excluding carboxylic acids is 1. The third kappa shape index (κ3) is 6.04. The molecule has 34 heavy (non-hydrogen) atoms. The Morgan fingerprint density at radius 2 is 1.59 bits per heavy atom. The highest BCUT2D eigenvalue weighted by Crippen LogP contribution is 2.32. The summed E-state index contributed by atoms with van der Waals surface area (Å²) in [7, 11) is 1.03. The van der Waals surface area contributed by atoms with E-state index in [-0.39, 0.29) is 17.3 Å². The van der Waals surface area contributed by atoms with Crippen molar-refractivity contribution in [1.82, 2.24) is 14.6 Å². The van der Waals surface area contributed by atoms with E-state index < -0.39 is 10.0 Å². The monoisotopic (exact) mass is 490 g/mol. The van der Waals surface area contributed by atoms with Crippen molar-refractivity contribution >= 4 is 22.1 Å². The molecule has 0 spiro atoms. The number of rotatable bonds is 9. The van der Waals surface area contributed by atoms with Crippen LogP contribution in [0.5, 0.6) is 17.2 Å². The lowest BCUT2D eigenvalue weighted by atomic mass is 10.2. The molecule has 1 amide bonds. The Balaban J connectivity index is 1.54. The number of aryl methyl sites for hydroxylation is 1.